The molecule has 4 nitrogen and oxygen atoms in total. The van der Waals surface area contributed by atoms with E-state index >= 15 is 0 Å². The van der Waals surface area contributed by atoms with Crippen LogP contribution in [0.3, 0.4) is 0 Å². The van der Waals surface area contributed by atoms with Crippen LogP contribution in [-0.4, -0.2) is 44.8 Å². The first-order valence-electron chi connectivity index (χ1n) is 5.70. The predicted octanol–water partition coefficient (Wildman–Crippen LogP) is 1.17. The molecule has 0 aromatic carbocycles. The molecule has 2 atom stereocenters. The summed E-state index contributed by atoms with van der Waals surface area (Å²) in [6.45, 7) is 1.07. The highest BCUT2D eigenvalue weighted by atomic mass is 35.5. The van der Waals surface area contributed by atoms with E-state index in [4.69, 9.17) is 21.1 Å². The molecule has 0 aromatic heterocycles. The third-order valence-corrected chi connectivity index (χ3v) is 3.27. The SMILES string of the molecule is COCCOCC(=O)NC1CCCC1CCl. The molecule has 0 radical (unpaired) electrons. The lowest BCUT2D eigenvalue weighted by Gasteiger charge is -2.18. The number of hydrogen-bond donors (Lipinski definition) is 1. The van der Waals surface area contributed by atoms with Gasteiger partial charge in [-0.15, -0.1) is 11.6 Å². The first kappa shape index (κ1) is 13.7. The molecule has 1 aliphatic carbocycles. The first-order valence-corrected chi connectivity index (χ1v) is 6.23. The van der Waals surface area contributed by atoms with Crippen LogP contribution in [0.25, 0.3) is 0 Å². The number of ether oxygens (including phenoxy) is 2. The molecule has 0 aliphatic heterocycles. The number of methoxy groups -OCH3 is 1. The standard InChI is InChI=1S/C11H20ClNO3/c1-15-5-6-16-8-11(14)13-10-4-2-3-9(10)7-12/h9-10H,2-8H2,1H3,(H,13,14). The molecule has 16 heavy (non-hydrogen) atoms. The Hall–Kier alpha value is -0.320. The Kier molecular flexibility index (Phi) is 6.76. The van der Waals surface area contributed by atoms with Gasteiger partial charge in [0.1, 0.15) is 6.61 Å². The van der Waals surface area contributed by atoms with Crippen molar-refractivity contribution in [1.82, 2.24) is 5.32 Å². The Bertz CT molecular complexity index is 213. The molecule has 94 valence electrons. The summed E-state index contributed by atoms with van der Waals surface area (Å²) in [7, 11) is 1.60. The summed E-state index contributed by atoms with van der Waals surface area (Å²) in [4.78, 5) is 11.5. The number of rotatable bonds is 7. The van der Waals surface area contributed by atoms with Gasteiger partial charge < -0.3 is 14.8 Å². The van der Waals surface area contributed by atoms with Crippen molar-refractivity contribution in [2.75, 3.05) is 32.8 Å². The van der Waals surface area contributed by atoms with Crippen molar-refractivity contribution in [3.05, 3.63) is 0 Å². The van der Waals surface area contributed by atoms with Crippen molar-refractivity contribution < 1.29 is 14.3 Å². The van der Waals surface area contributed by atoms with Gasteiger partial charge >= 0.3 is 0 Å². The summed E-state index contributed by atoms with van der Waals surface area (Å²) in [6.07, 6.45) is 3.28. The molecular weight excluding hydrogens is 230 g/mol. The lowest BCUT2D eigenvalue weighted by molar-refractivity contribution is -0.127. The maximum absolute atomic E-state index is 11.5. The lowest BCUT2D eigenvalue weighted by Crippen LogP contribution is -2.40. The van der Waals surface area contributed by atoms with E-state index in [0.29, 0.717) is 25.0 Å². The zero-order valence-electron chi connectivity index (χ0n) is 9.71. The monoisotopic (exact) mass is 249 g/mol. The van der Waals surface area contributed by atoms with Crippen molar-refractivity contribution in [3.8, 4) is 0 Å². The summed E-state index contributed by atoms with van der Waals surface area (Å²) in [5.41, 5.74) is 0. The zero-order valence-corrected chi connectivity index (χ0v) is 10.5. The van der Waals surface area contributed by atoms with E-state index in [1.54, 1.807) is 7.11 Å². The van der Waals surface area contributed by atoms with E-state index in [2.05, 4.69) is 5.32 Å². The average molecular weight is 250 g/mol. The number of carbonyl (C=O) groups is 1. The molecule has 1 aliphatic rings. The van der Waals surface area contributed by atoms with Gasteiger partial charge in [0.25, 0.3) is 0 Å². The van der Waals surface area contributed by atoms with Crippen LogP contribution in [0.5, 0.6) is 0 Å². The fraction of sp³-hybridized carbons (Fsp3) is 0.909. The second-order valence-corrected chi connectivity index (χ2v) is 4.37. The molecule has 1 saturated carbocycles. The molecule has 2 unspecified atom stereocenters. The van der Waals surface area contributed by atoms with Crippen LogP contribution in [0, 0.1) is 5.92 Å². The second-order valence-electron chi connectivity index (χ2n) is 4.06. The molecular formula is C11H20ClNO3. The Morgan fingerprint density at radius 2 is 2.25 bits per heavy atom. The summed E-state index contributed by atoms with van der Waals surface area (Å²) in [5.74, 6) is 0.984. The highest BCUT2D eigenvalue weighted by Gasteiger charge is 2.27. The van der Waals surface area contributed by atoms with E-state index in [-0.39, 0.29) is 18.6 Å². The van der Waals surface area contributed by atoms with Crippen LogP contribution < -0.4 is 5.32 Å². The number of nitrogens with one attached hydrogen (secondary N) is 1. The minimum atomic E-state index is -0.0573. The molecule has 1 fully saturated rings. The normalized spacial score (nSPS) is 24.6. The second kappa shape index (κ2) is 7.87. The molecule has 0 spiro atoms. The smallest absolute Gasteiger partial charge is 0.246 e. The largest absolute Gasteiger partial charge is 0.382 e. The van der Waals surface area contributed by atoms with Gasteiger partial charge in [-0.25, -0.2) is 0 Å². The molecule has 0 aromatic rings. The highest BCUT2D eigenvalue weighted by molar-refractivity contribution is 6.18. The minimum Gasteiger partial charge on any atom is -0.382 e. The number of hydrogen-bond acceptors (Lipinski definition) is 3. The molecule has 5 heteroatoms. The van der Waals surface area contributed by atoms with Gasteiger partial charge in [0, 0.05) is 19.0 Å². The Labute approximate surface area is 102 Å². The van der Waals surface area contributed by atoms with Crippen molar-refractivity contribution >= 4 is 17.5 Å². The fourth-order valence-corrected chi connectivity index (χ4v) is 2.34. The van der Waals surface area contributed by atoms with E-state index < -0.39 is 0 Å². The first-order chi connectivity index (χ1) is 7.77. The number of halogens is 1. The molecule has 0 saturated heterocycles. The van der Waals surface area contributed by atoms with Crippen LogP contribution >= 0.6 is 11.6 Å². The van der Waals surface area contributed by atoms with Crippen LogP contribution in [-0.2, 0) is 14.3 Å². The summed E-state index contributed by atoms with van der Waals surface area (Å²) < 4.78 is 9.96. The summed E-state index contributed by atoms with van der Waals surface area (Å²) >= 11 is 5.83. The van der Waals surface area contributed by atoms with Crippen LogP contribution in [0.15, 0.2) is 0 Å². The van der Waals surface area contributed by atoms with Gasteiger partial charge in [-0.1, -0.05) is 6.42 Å². The number of amides is 1. The summed E-state index contributed by atoms with van der Waals surface area (Å²) in [6, 6.07) is 0.232. The Balaban J connectivity index is 2.13. The zero-order chi connectivity index (χ0) is 11.8. The van der Waals surface area contributed by atoms with Crippen molar-refractivity contribution in [3.63, 3.8) is 0 Å². The van der Waals surface area contributed by atoms with Gasteiger partial charge in [0.05, 0.1) is 13.2 Å². The molecule has 1 amide bonds. The fourth-order valence-electron chi connectivity index (χ4n) is 1.97. The number of alkyl halides is 1. The lowest BCUT2D eigenvalue weighted by atomic mass is 10.1. The van der Waals surface area contributed by atoms with Crippen LogP contribution in [0.4, 0.5) is 0 Å². The van der Waals surface area contributed by atoms with Crippen molar-refractivity contribution in [2.45, 2.75) is 25.3 Å². The number of carbonyl (C=O) groups excluding carboxylic acids is 1. The quantitative estimate of drug-likeness (QED) is 0.544. The van der Waals surface area contributed by atoms with Gasteiger partial charge in [-0.3, -0.25) is 4.79 Å². The van der Waals surface area contributed by atoms with Gasteiger partial charge in [0.2, 0.25) is 5.91 Å². The maximum Gasteiger partial charge on any atom is 0.246 e. The third kappa shape index (κ3) is 4.68. The van der Waals surface area contributed by atoms with Crippen molar-refractivity contribution in [2.24, 2.45) is 5.92 Å². The van der Waals surface area contributed by atoms with Crippen LogP contribution in [0.1, 0.15) is 19.3 Å². The van der Waals surface area contributed by atoms with Crippen LogP contribution in [0.2, 0.25) is 0 Å². The van der Waals surface area contributed by atoms with E-state index in [1.165, 1.54) is 0 Å². The molecule has 1 N–H and O–H groups in total. The third-order valence-electron chi connectivity index (χ3n) is 2.87. The van der Waals surface area contributed by atoms with Gasteiger partial charge in [-0.05, 0) is 18.8 Å². The Morgan fingerprint density at radius 1 is 1.44 bits per heavy atom. The molecule has 0 bridgehead atoms. The van der Waals surface area contributed by atoms with E-state index in [9.17, 15) is 4.79 Å². The maximum atomic E-state index is 11.5. The Morgan fingerprint density at radius 3 is 2.94 bits per heavy atom. The molecule has 0 heterocycles. The highest BCUT2D eigenvalue weighted by Crippen LogP contribution is 2.26. The summed E-state index contributed by atoms with van der Waals surface area (Å²) in [5, 5.41) is 2.97. The topological polar surface area (TPSA) is 47.6 Å². The molecule has 1 rings (SSSR count). The predicted molar refractivity (Wildman–Crippen MR) is 62.7 cm³/mol. The average Bonchev–Trinajstić information content (AvgIpc) is 2.71. The van der Waals surface area contributed by atoms with E-state index in [0.717, 1.165) is 19.3 Å². The van der Waals surface area contributed by atoms with E-state index in [1.807, 2.05) is 0 Å². The van der Waals surface area contributed by atoms with Crippen molar-refractivity contribution in [1.29, 1.82) is 0 Å². The minimum absolute atomic E-state index is 0.0573. The van der Waals surface area contributed by atoms with Gasteiger partial charge in [-0.2, -0.15) is 0 Å². The van der Waals surface area contributed by atoms with Gasteiger partial charge in [0.15, 0.2) is 0 Å².